The van der Waals surface area contributed by atoms with Crippen molar-refractivity contribution in [2.45, 2.75) is 52.4 Å². The Hall–Kier alpha value is -1.66. The molecule has 4 nitrogen and oxygen atoms in total. The Kier molecular flexibility index (Phi) is 9.01. The van der Waals surface area contributed by atoms with Crippen LogP contribution in [0.5, 0.6) is 0 Å². The summed E-state index contributed by atoms with van der Waals surface area (Å²) in [6.45, 7) is 5.15. The smallest absolute Gasteiger partial charge is 0.305 e. The van der Waals surface area contributed by atoms with E-state index in [1.807, 2.05) is 18.2 Å². The van der Waals surface area contributed by atoms with E-state index in [0.29, 0.717) is 35.2 Å². The topological polar surface area (TPSA) is 46.6 Å². The van der Waals surface area contributed by atoms with Crippen molar-refractivity contribution in [1.82, 2.24) is 4.90 Å². The van der Waals surface area contributed by atoms with Gasteiger partial charge in [-0.3, -0.25) is 14.5 Å². The number of hydrogen-bond acceptors (Lipinski definition) is 5. The molecule has 146 valence electrons. The monoisotopic (exact) mass is 405 g/mol. The highest BCUT2D eigenvalue weighted by Gasteiger charge is 2.31. The zero-order valence-electron chi connectivity index (χ0n) is 16.0. The van der Waals surface area contributed by atoms with E-state index in [1.54, 1.807) is 4.90 Å². The number of nitrogens with zero attached hydrogens (tertiary/aromatic N) is 1. The maximum atomic E-state index is 12.6. The maximum Gasteiger partial charge on any atom is 0.305 e. The van der Waals surface area contributed by atoms with E-state index in [-0.39, 0.29) is 11.9 Å². The van der Waals surface area contributed by atoms with Crippen LogP contribution in [0.1, 0.15) is 57.1 Å². The summed E-state index contributed by atoms with van der Waals surface area (Å²) < 4.78 is 5.74. The van der Waals surface area contributed by atoms with Gasteiger partial charge in [-0.1, -0.05) is 74.9 Å². The highest BCUT2D eigenvalue weighted by atomic mass is 32.2. The van der Waals surface area contributed by atoms with E-state index in [1.165, 1.54) is 17.3 Å². The SMILES string of the molecule is CCCCCOC(=O)CCCN1C(=O)C(=Cc2ccc(CC)cc2)SC1=S. The Balaban J connectivity index is 1.82. The second kappa shape index (κ2) is 11.2. The molecule has 0 aromatic heterocycles. The summed E-state index contributed by atoms with van der Waals surface area (Å²) in [6, 6.07) is 8.16. The van der Waals surface area contributed by atoms with Crippen molar-refractivity contribution in [1.29, 1.82) is 0 Å². The third-order valence-electron chi connectivity index (χ3n) is 4.33. The molecule has 0 saturated carbocycles. The Morgan fingerprint density at radius 3 is 2.59 bits per heavy atom. The van der Waals surface area contributed by atoms with Crippen LogP contribution in [0.25, 0.3) is 6.08 Å². The first-order valence-corrected chi connectivity index (χ1v) is 10.8. The van der Waals surface area contributed by atoms with Crippen LogP contribution in [-0.4, -0.2) is 34.2 Å². The Bertz CT molecular complexity index is 698. The Morgan fingerprint density at radius 2 is 1.93 bits per heavy atom. The van der Waals surface area contributed by atoms with Gasteiger partial charge in [0.05, 0.1) is 11.5 Å². The number of benzene rings is 1. The van der Waals surface area contributed by atoms with Gasteiger partial charge in [-0.25, -0.2) is 0 Å². The summed E-state index contributed by atoms with van der Waals surface area (Å²) >= 11 is 6.66. The molecule has 0 spiro atoms. The fraction of sp³-hybridized carbons (Fsp3) is 0.476. The van der Waals surface area contributed by atoms with Gasteiger partial charge in [0, 0.05) is 13.0 Å². The predicted molar refractivity (Wildman–Crippen MR) is 115 cm³/mol. The lowest BCUT2D eigenvalue weighted by atomic mass is 10.1. The van der Waals surface area contributed by atoms with Crippen LogP contribution in [-0.2, 0) is 20.7 Å². The largest absolute Gasteiger partial charge is 0.466 e. The molecule has 1 fully saturated rings. The van der Waals surface area contributed by atoms with E-state index in [2.05, 4.69) is 26.0 Å². The van der Waals surface area contributed by atoms with Gasteiger partial charge in [0.2, 0.25) is 0 Å². The second-order valence-electron chi connectivity index (χ2n) is 6.46. The molecule has 27 heavy (non-hydrogen) atoms. The van der Waals surface area contributed by atoms with Gasteiger partial charge in [-0.2, -0.15) is 0 Å². The van der Waals surface area contributed by atoms with Crippen molar-refractivity contribution < 1.29 is 14.3 Å². The van der Waals surface area contributed by atoms with Crippen LogP contribution >= 0.6 is 24.0 Å². The molecule has 0 bridgehead atoms. The summed E-state index contributed by atoms with van der Waals surface area (Å²) in [4.78, 5) is 26.5. The molecular weight excluding hydrogens is 378 g/mol. The molecular formula is C21H27NO3S2. The first kappa shape index (κ1) is 21.6. The fourth-order valence-electron chi connectivity index (χ4n) is 2.69. The summed E-state index contributed by atoms with van der Waals surface area (Å²) in [5, 5.41) is 0. The van der Waals surface area contributed by atoms with Crippen molar-refractivity contribution in [2.24, 2.45) is 0 Å². The Labute approximate surface area is 171 Å². The number of rotatable bonds is 10. The molecule has 0 radical (unpaired) electrons. The number of thiocarbonyl (C=S) groups is 1. The number of amides is 1. The molecule has 6 heteroatoms. The second-order valence-corrected chi connectivity index (χ2v) is 8.14. The zero-order valence-corrected chi connectivity index (χ0v) is 17.7. The molecule has 1 aliphatic heterocycles. The first-order chi connectivity index (χ1) is 13.0. The van der Waals surface area contributed by atoms with Crippen LogP contribution in [0.4, 0.5) is 0 Å². The van der Waals surface area contributed by atoms with Gasteiger partial charge in [0.25, 0.3) is 5.91 Å². The molecule has 2 rings (SSSR count). The van der Waals surface area contributed by atoms with Crippen LogP contribution in [0, 0.1) is 0 Å². The molecule has 0 atom stereocenters. The van der Waals surface area contributed by atoms with Gasteiger partial charge < -0.3 is 4.74 Å². The lowest BCUT2D eigenvalue weighted by molar-refractivity contribution is -0.144. The maximum absolute atomic E-state index is 12.6. The lowest BCUT2D eigenvalue weighted by Gasteiger charge is -2.13. The van der Waals surface area contributed by atoms with E-state index >= 15 is 0 Å². The number of carbonyl (C=O) groups is 2. The quantitative estimate of drug-likeness (QED) is 0.238. The van der Waals surface area contributed by atoms with E-state index in [4.69, 9.17) is 17.0 Å². The number of carbonyl (C=O) groups excluding carboxylic acids is 2. The molecule has 1 aliphatic rings. The van der Waals surface area contributed by atoms with Crippen LogP contribution in [0.15, 0.2) is 29.2 Å². The van der Waals surface area contributed by atoms with Gasteiger partial charge in [-0.15, -0.1) is 0 Å². The zero-order chi connectivity index (χ0) is 19.6. The van der Waals surface area contributed by atoms with Gasteiger partial charge in [-0.05, 0) is 36.5 Å². The van der Waals surface area contributed by atoms with Crippen molar-refractivity contribution in [3.63, 3.8) is 0 Å². The average molecular weight is 406 g/mol. The van der Waals surface area contributed by atoms with Gasteiger partial charge in [0.1, 0.15) is 4.32 Å². The minimum absolute atomic E-state index is 0.0825. The van der Waals surface area contributed by atoms with Crippen LogP contribution in [0.3, 0.4) is 0 Å². The highest BCUT2D eigenvalue weighted by molar-refractivity contribution is 8.26. The number of unbranched alkanes of at least 4 members (excludes halogenated alkanes) is 2. The summed E-state index contributed by atoms with van der Waals surface area (Å²) in [6.07, 6.45) is 6.79. The van der Waals surface area contributed by atoms with Crippen molar-refractivity contribution >= 4 is 46.3 Å². The Morgan fingerprint density at radius 1 is 1.19 bits per heavy atom. The minimum atomic E-state index is -0.205. The van der Waals surface area contributed by atoms with E-state index in [0.717, 1.165) is 31.2 Å². The number of thioether (sulfide) groups is 1. The van der Waals surface area contributed by atoms with Crippen molar-refractivity contribution in [2.75, 3.05) is 13.2 Å². The molecule has 1 aromatic carbocycles. The van der Waals surface area contributed by atoms with E-state index < -0.39 is 0 Å². The molecule has 0 aliphatic carbocycles. The lowest BCUT2D eigenvalue weighted by Crippen LogP contribution is -2.29. The molecule has 1 saturated heterocycles. The molecule has 1 amide bonds. The van der Waals surface area contributed by atoms with Crippen molar-refractivity contribution in [3.8, 4) is 0 Å². The number of ether oxygens (including phenoxy) is 1. The fourth-order valence-corrected chi connectivity index (χ4v) is 3.99. The van der Waals surface area contributed by atoms with Crippen molar-refractivity contribution in [3.05, 3.63) is 40.3 Å². The highest BCUT2D eigenvalue weighted by Crippen LogP contribution is 2.32. The molecule has 0 N–H and O–H groups in total. The number of aryl methyl sites for hydroxylation is 1. The molecule has 1 aromatic rings. The van der Waals surface area contributed by atoms with Gasteiger partial charge in [0.15, 0.2) is 0 Å². The third kappa shape index (κ3) is 6.78. The first-order valence-electron chi connectivity index (χ1n) is 9.55. The molecule has 0 unspecified atom stereocenters. The summed E-state index contributed by atoms with van der Waals surface area (Å²) in [7, 11) is 0. The normalized spacial score (nSPS) is 15.6. The third-order valence-corrected chi connectivity index (χ3v) is 5.71. The predicted octanol–water partition coefficient (Wildman–Crippen LogP) is 4.96. The average Bonchev–Trinajstić information content (AvgIpc) is 2.93. The minimum Gasteiger partial charge on any atom is -0.466 e. The van der Waals surface area contributed by atoms with E-state index in [9.17, 15) is 9.59 Å². The summed E-state index contributed by atoms with van der Waals surface area (Å²) in [5.74, 6) is -0.288. The number of hydrogen-bond donors (Lipinski definition) is 0. The van der Waals surface area contributed by atoms with Crippen LogP contribution in [0.2, 0.25) is 0 Å². The van der Waals surface area contributed by atoms with Gasteiger partial charge >= 0.3 is 5.97 Å². The summed E-state index contributed by atoms with van der Waals surface area (Å²) in [5.41, 5.74) is 2.25. The molecule has 1 heterocycles. The standard InChI is InChI=1S/C21H27NO3S2/c1-3-5-6-14-25-19(23)8-7-13-22-20(24)18(27-21(22)26)15-17-11-9-16(4-2)10-12-17/h9-12,15H,3-8,13-14H2,1-2H3. The number of esters is 1. The van der Waals surface area contributed by atoms with Crippen LogP contribution < -0.4 is 0 Å².